The van der Waals surface area contributed by atoms with E-state index in [2.05, 4.69) is 10.4 Å². The van der Waals surface area contributed by atoms with E-state index >= 15 is 0 Å². The minimum absolute atomic E-state index is 0.125. The van der Waals surface area contributed by atoms with Crippen LogP contribution in [0, 0.1) is 5.82 Å². The Morgan fingerprint density at radius 2 is 1.89 bits per heavy atom. The Hall–Kier alpha value is -3.75. The van der Waals surface area contributed by atoms with E-state index in [0.717, 1.165) is 9.25 Å². The molecule has 0 saturated heterocycles. The summed E-state index contributed by atoms with van der Waals surface area (Å²) in [6.07, 6.45) is 0. The molecule has 1 N–H and O–H groups in total. The van der Waals surface area contributed by atoms with E-state index in [1.54, 1.807) is 36.4 Å². The predicted molar refractivity (Wildman–Crippen MR) is 98.2 cm³/mol. The van der Waals surface area contributed by atoms with Gasteiger partial charge in [-0.15, -0.1) is 0 Å². The molecular weight excluding hydrogens is 365 g/mol. The summed E-state index contributed by atoms with van der Waals surface area (Å²) in [5, 5.41) is 6.71. The van der Waals surface area contributed by atoms with E-state index in [1.165, 1.54) is 17.0 Å². The van der Waals surface area contributed by atoms with Crippen LogP contribution in [0.25, 0.3) is 0 Å². The molecule has 9 heteroatoms. The Morgan fingerprint density at radius 1 is 1.11 bits per heavy atom. The zero-order valence-corrected chi connectivity index (χ0v) is 14.7. The molecule has 8 nitrogen and oxygen atoms in total. The summed E-state index contributed by atoms with van der Waals surface area (Å²) in [6, 6.07) is 14.3. The van der Waals surface area contributed by atoms with Gasteiger partial charge in [0.1, 0.15) is 12.4 Å². The highest BCUT2D eigenvalue weighted by atomic mass is 19.1. The van der Waals surface area contributed by atoms with Crippen LogP contribution in [0.2, 0.25) is 0 Å². The Bertz CT molecular complexity index is 1110. The average Bonchev–Trinajstić information content (AvgIpc) is 3.17. The molecule has 0 fully saturated rings. The third-order valence-corrected chi connectivity index (χ3v) is 4.37. The average molecular weight is 381 g/mol. The number of carbonyl (C=O) groups is 2. The van der Waals surface area contributed by atoms with Crippen LogP contribution < -0.4 is 15.9 Å². The van der Waals surface area contributed by atoms with Crippen LogP contribution >= 0.6 is 0 Å². The number of nitrogens with zero attached hydrogens (tertiary/aromatic N) is 4. The maximum Gasteiger partial charge on any atom is 0.354 e. The molecule has 2 amide bonds. The van der Waals surface area contributed by atoms with Crippen molar-refractivity contribution in [2.75, 3.05) is 4.90 Å². The summed E-state index contributed by atoms with van der Waals surface area (Å²) >= 11 is 0. The summed E-state index contributed by atoms with van der Waals surface area (Å²) < 4.78 is 15.1. The highest BCUT2D eigenvalue weighted by molar-refractivity contribution is 5.96. The number of rotatable bonds is 5. The van der Waals surface area contributed by atoms with Crippen molar-refractivity contribution < 1.29 is 14.0 Å². The minimum atomic E-state index is -0.667. The van der Waals surface area contributed by atoms with Crippen LogP contribution in [-0.2, 0) is 24.4 Å². The maximum atomic E-state index is 13.2. The fraction of sp³-hybridized carbons (Fsp3) is 0.158. The number of hydrogen-bond acceptors (Lipinski definition) is 4. The number of aromatic nitrogens is 3. The summed E-state index contributed by atoms with van der Waals surface area (Å²) in [7, 11) is 0. The van der Waals surface area contributed by atoms with Crippen molar-refractivity contribution in [2.24, 2.45) is 0 Å². The van der Waals surface area contributed by atoms with Gasteiger partial charge in [0.15, 0.2) is 5.82 Å². The number of para-hydroxylation sites is 1. The van der Waals surface area contributed by atoms with Gasteiger partial charge in [0.25, 0.3) is 0 Å². The van der Waals surface area contributed by atoms with Crippen molar-refractivity contribution in [3.63, 3.8) is 0 Å². The lowest BCUT2D eigenvalue weighted by atomic mass is 10.2. The number of fused-ring (bicyclic) bond motifs is 1. The molecule has 3 aromatic rings. The number of benzene rings is 2. The van der Waals surface area contributed by atoms with E-state index in [4.69, 9.17) is 0 Å². The molecule has 4 rings (SSSR count). The van der Waals surface area contributed by atoms with E-state index < -0.39 is 23.4 Å². The van der Waals surface area contributed by atoms with Gasteiger partial charge in [-0.25, -0.2) is 18.7 Å². The molecule has 1 aliphatic heterocycles. The Labute approximate surface area is 158 Å². The van der Waals surface area contributed by atoms with Crippen LogP contribution in [0.4, 0.5) is 14.9 Å². The normalized spacial score (nSPS) is 12.9. The zero-order chi connectivity index (χ0) is 19.7. The molecule has 142 valence electrons. The largest absolute Gasteiger partial charge is 0.354 e. The van der Waals surface area contributed by atoms with Gasteiger partial charge in [-0.1, -0.05) is 30.3 Å². The summed E-state index contributed by atoms with van der Waals surface area (Å²) in [6.45, 7) is -0.0532. The number of nitrogens with one attached hydrogen (secondary N) is 1. The number of hydrogen-bond donors (Lipinski definition) is 1. The SMILES string of the molecule is O=C(Cn1nc2n(c1=O)C(=O)N(c1ccccc1)C2)NCc1cccc(F)c1. The number of amides is 2. The number of carbonyl (C=O) groups excluding carboxylic acids is 2. The van der Waals surface area contributed by atoms with Crippen LogP contribution in [0.15, 0.2) is 59.4 Å². The molecule has 0 atom stereocenters. The second kappa shape index (κ2) is 7.10. The molecule has 2 heterocycles. The van der Waals surface area contributed by atoms with Crippen molar-refractivity contribution >= 4 is 17.6 Å². The maximum absolute atomic E-state index is 13.2. The fourth-order valence-electron chi connectivity index (χ4n) is 3.03. The standard InChI is InChI=1S/C19H16FN5O3/c20-14-6-4-5-13(9-14)10-21-17(26)12-24-19(28)25-16(22-24)11-23(18(25)27)15-7-2-1-3-8-15/h1-9H,10-12H2,(H,21,26). The molecule has 0 aliphatic carbocycles. The van der Waals surface area contributed by atoms with E-state index in [1.807, 2.05) is 6.07 Å². The van der Waals surface area contributed by atoms with Gasteiger partial charge >= 0.3 is 11.7 Å². The second-order valence-electron chi connectivity index (χ2n) is 6.30. The van der Waals surface area contributed by atoms with Crippen LogP contribution in [0.5, 0.6) is 0 Å². The number of anilines is 1. The molecule has 0 saturated carbocycles. The first-order valence-electron chi connectivity index (χ1n) is 8.60. The van der Waals surface area contributed by atoms with Gasteiger partial charge in [-0.2, -0.15) is 9.67 Å². The van der Waals surface area contributed by atoms with Crippen LogP contribution in [-0.4, -0.2) is 26.3 Å². The second-order valence-corrected chi connectivity index (χ2v) is 6.30. The molecule has 0 unspecified atom stereocenters. The fourth-order valence-corrected chi connectivity index (χ4v) is 3.03. The molecule has 0 radical (unpaired) electrons. The van der Waals surface area contributed by atoms with Gasteiger partial charge in [-0.05, 0) is 29.8 Å². The Morgan fingerprint density at radius 3 is 2.61 bits per heavy atom. The summed E-state index contributed by atoms with van der Waals surface area (Å²) in [5.41, 5.74) is 0.595. The third kappa shape index (κ3) is 3.29. The van der Waals surface area contributed by atoms with E-state index in [9.17, 15) is 18.8 Å². The topological polar surface area (TPSA) is 89.2 Å². The first-order chi connectivity index (χ1) is 13.5. The zero-order valence-electron chi connectivity index (χ0n) is 14.7. The van der Waals surface area contributed by atoms with Gasteiger partial charge in [0.05, 0.1) is 6.54 Å². The molecule has 1 aromatic heterocycles. The monoisotopic (exact) mass is 381 g/mol. The molecular formula is C19H16FN5O3. The first-order valence-corrected chi connectivity index (χ1v) is 8.60. The van der Waals surface area contributed by atoms with Gasteiger partial charge in [0.2, 0.25) is 5.91 Å². The lowest BCUT2D eigenvalue weighted by molar-refractivity contribution is -0.122. The predicted octanol–water partition coefficient (Wildman–Crippen LogP) is 1.49. The molecule has 28 heavy (non-hydrogen) atoms. The van der Waals surface area contributed by atoms with Crippen molar-refractivity contribution in [1.82, 2.24) is 19.7 Å². The van der Waals surface area contributed by atoms with E-state index in [-0.39, 0.29) is 25.5 Å². The number of halogens is 1. The molecule has 0 bridgehead atoms. The quantitative estimate of drug-likeness (QED) is 0.725. The highest BCUT2D eigenvalue weighted by Gasteiger charge is 2.33. The lowest BCUT2D eigenvalue weighted by Crippen LogP contribution is -2.37. The smallest absolute Gasteiger partial charge is 0.350 e. The Kier molecular flexibility index (Phi) is 4.48. The van der Waals surface area contributed by atoms with Crippen molar-refractivity contribution in [3.8, 4) is 0 Å². The van der Waals surface area contributed by atoms with Crippen molar-refractivity contribution in [1.29, 1.82) is 0 Å². The van der Waals surface area contributed by atoms with Crippen LogP contribution in [0.1, 0.15) is 11.4 Å². The van der Waals surface area contributed by atoms with Crippen molar-refractivity contribution in [3.05, 3.63) is 82.3 Å². The summed E-state index contributed by atoms with van der Waals surface area (Å²) in [5.74, 6) is -0.581. The lowest BCUT2D eigenvalue weighted by Gasteiger charge is -2.14. The molecule has 0 spiro atoms. The minimum Gasteiger partial charge on any atom is -0.350 e. The van der Waals surface area contributed by atoms with E-state index in [0.29, 0.717) is 11.3 Å². The molecule has 2 aromatic carbocycles. The summed E-state index contributed by atoms with van der Waals surface area (Å²) in [4.78, 5) is 38.6. The third-order valence-electron chi connectivity index (χ3n) is 4.37. The Balaban J connectivity index is 1.44. The van der Waals surface area contributed by atoms with Gasteiger partial charge in [0, 0.05) is 12.2 Å². The van der Waals surface area contributed by atoms with Gasteiger partial charge in [-0.3, -0.25) is 9.69 Å². The van der Waals surface area contributed by atoms with Crippen LogP contribution in [0.3, 0.4) is 0 Å². The highest BCUT2D eigenvalue weighted by Crippen LogP contribution is 2.21. The van der Waals surface area contributed by atoms with Gasteiger partial charge < -0.3 is 5.32 Å². The first kappa shape index (κ1) is 17.7. The van der Waals surface area contributed by atoms with Crippen molar-refractivity contribution in [2.45, 2.75) is 19.6 Å². The molecule has 1 aliphatic rings.